The van der Waals surface area contributed by atoms with Crippen molar-refractivity contribution in [3.8, 4) is 5.69 Å². The van der Waals surface area contributed by atoms with Crippen molar-refractivity contribution in [3.05, 3.63) is 100 Å². The van der Waals surface area contributed by atoms with Crippen molar-refractivity contribution in [1.82, 2.24) is 14.1 Å². The predicted molar refractivity (Wildman–Crippen MR) is 193 cm³/mol. The van der Waals surface area contributed by atoms with Crippen molar-refractivity contribution in [2.45, 2.75) is 63.5 Å². The first-order valence-electron chi connectivity index (χ1n) is 15.8. The first-order chi connectivity index (χ1) is 22.3. The van der Waals surface area contributed by atoms with Gasteiger partial charge in [-0.3, -0.25) is 5.32 Å². The summed E-state index contributed by atoms with van der Waals surface area (Å²) in [5.41, 5.74) is 5.25. The van der Waals surface area contributed by atoms with Crippen LogP contribution in [0, 0.1) is 19.8 Å². The highest BCUT2D eigenvalue weighted by Crippen LogP contribution is 2.38. The number of fused-ring (bicyclic) bond motifs is 1. The number of aryl methyl sites for hydroxylation is 2. The Labute approximate surface area is 285 Å². The lowest BCUT2D eigenvalue weighted by atomic mass is 9.91. The first-order valence-corrected chi connectivity index (χ1v) is 18.4. The van der Waals surface area contributed by atoms with E-state index in [1.165, 1.54) is 11.3 Å². The number of amides is 2. The molecule has 3 heterocycles. The van der Waals surface area contributed by atoms with Crippen LogP contribution in [0.4, 0.5) is 16.3 Å². The van der Waals surface area contributed by atoms with Gasteiger partial charge in [0.2, 0.25) is 0 Å². The smallest absolute Gasteiger partial charge is 0.308 e. The zero-order chi connectivity index (χ0) is 33.5. The highest BCUT2D eigenvalue weighted by molar-refractivity contribution is 7.91. The lowest BCUT2D eigenvalue weighted by Crippen LogP contribution is -2.38. The molecule has 2 aromatic heterocycles. The molecular formula is C36H40ClN5O3S2. The number of aromatic nitrogens is 2. The van der Waals surface area contributed by atoms with Gasteiger partial charge in [0.05, 0.1) is 11.4 Å². The molecule has 1 aliphatic heterocycles. The molecule has 0 unspecified atom stereocenters. The van der Waals surface area contributed by atoms with Crippen LogP contribution >= 0.6 is 22.9 Å². The predicted octanol–water partition coefficient (Wildman–Crippen LogP) is 8.94. The summed E-state index contributed by atoms with van der Waals surface area (Å²) in [5.74, 6) is 0.927. The Kier molecular flexibility index (Phi) is 9.24. The van der Waals surface area contributed by atoms with Gasteiger partial charge >= 0.3 is 6.03 Å². The van der Waals surface area contributed by atoms with Crippen LogP contribution in [0.5, 0.6) is 0 Å². The molecule has 0 spiro atoms. The zero-order valence-corrected chi connectivity index (χ0v) is 29.7. The molecule has 3 aromatic carbocycles. The fraction of sp³-hybridized carbons (Fsp3) is 0.333. The number of carbonyl (C=O) groups excluding carboxylic acids is 1. The Morgan fingerprint density at radius 2 is 1.70 bits per heavy atom. The molecule has 6 rings (SSSR count). The fourth-order valence-electron chi connectivity index (χ4n) is 6.00. The minimum absolute atomic E-state index is 0.191. The molecule has 5 aromatic rings. The van der Waals surface area contributed by atoms with Crippen LogP contribution in [0.1, 0.15) is 56.0 Å². The molecule has 0 bridgehead atoms. The number of urea groups is 1. The number of nitrogens with zero attached hydrogens (tertiary/aromatic N) is 3. The SMILES string of the molecule is Cc1ccc(-n2nc(C(C)(C)C)cc2NC(=O)Nc2cccc(CC3CCN(S(=O)(=O)c4sc5ccc(Cl)cc5c4C)CC3)c2)cc1. The molecule has 246 valence electrons. The van der Waals surface area contributed by atoms with Gasteiger partial charge in [0, 0.05) is 40.0 Å². The lowest BCUT2D eigenvalue weighted by molar-refractivity contribution is 0.262. The second-order valence-corrected chi connectivity index (χ2v) is 17.0. The Balaban J connectivity index is 1.09. The van der Waals surface area contributed by atoms with Crippen molar-refractivity contribution < 1.29 is 13.2 Å². The number of thiophene rings is 1. The molecule has 1 aliphatic rings. The monoisotopic (exact) mass is 689 g/mol. The van der Waals surface area contributed by atoms with E-state index in [4.69, 9.17) is 16.7 Å². The summed E-state index contributed by atoms with van der Waals surface area (Å²) in [5, 5.41) is 12.3. The molecule has 1 fully saturated rings. The number of rotatable bonds is 7. The molecule has 0 atom stereocenters. The van der Waals surface area contributed by atoms with Gasteiger partial charge in [-0.2, -0.15) is 9.40 Å². The van der Waals surface area contributed by atoms with Crippen LogP contribution in [0.3, 0.4) is 0 Å². The van der Waals surface area contributed by atoms with Crippen LogP contribution in [0.15, 0.2) is 77.0 Å². The van der Waals surface area contributed by atoms with Crippen LogP contribution in [-0.4, -0.2) is 41.6 Å². The van der Waals surface area contributed by atoms with Gasteiger partial charge in [-0.05, 0) is 98.0 Å². The number of benzene rings is 3. The van der Waals surface area contributed by atoms with E-state index >= 15 is 0 Å². The van der Waals surface area contributed by atoms with E-state index in [2.05, 4.69) is 37.5 Å². The maximum atomic E-state index is 13.6. The summed E-state index contributed by atoms with van der Waals surface area (Å²) < 4.78 is 32.0. The van der Waals surface area contributed by atoms with Crippen LogP contribution in [-0.2, 0) is 21.9 Å². The molecular weight excluding hydrogens is 650 g/mol. The number of carbonyl (C=O) groups is 1. The van der Waals surface area contributed by atoms with Gasteiger partial charge in [0.25, 0.3) is 10.0 Å². The second kappa shape index (κ2) is 13.1. The van der Waals surface area contributed by atoms with E-state index in [1.54, 1.807) is 15.1 Å². The molecule has 0 aliphatic carbocycles. The van der Waals surface area contributed by atoms with Gasteiger partial charge in [0.1, 0.15) is 10.0 Å². The Morgan fingerprint density at radius 1 is 0.979 bits per heavy atom. The number of nitrogens with one attached hydrogen (secondary N) is 2. The Morgan fingerprint density at radius 3 is 2.40 bits per heavy atom. The van der Waals surface area contributed by atoms with E-state index in [0.717, 1.165) is 57.4 Å². The summed E-state index contributed by atoms with van der Waals surface area (Å²) in [4.78, 5) is 13.2. The molecule has 1 saturated heterocycles. The topological polar surface area (TPSA) is 96.3 Å². The molecule has 2 amide bonds. The van der Waals surface area contributed by atoms with Gasteiger partial charge in [-0.15, -0.1) is 11.3 Å². The number of piperidine rings is 1. The minimum atomic E-state index is -3.59. The van der Waals surface area contributed by atoms with Crippen molar-refractivity contribution in [3.63, 3.8) is 0 Å². The van der Waals surface area contributed by atoms with Gasteiger partial charge in [-0.1, -0.05) is 62.2 Å². The van der Waals surface area contributed by atoms with Crippen molar-refractivity contribution in [2.75, 3.05) is 23.7 Å². The van der Waals surface area contributed by atoms with Gasteiger partial charge in [0.15, 0.2) is 0 Å². The highest BCUT2D eigenvalue weighted by Gasteiger charge is 2.32. The van der Waals surface area contributed by atoms with Gasteiger partial charge < -0.3 is 5.32 Å². The van der Waals surface area contributed by atoms with E-state index in [9.17, 15) is 13.2 Å². The van der Waals surface area contributed by atoms with Crippen LogP contribution in [0.25, 0.3) is 15.8 Å². The maximum Gasteiger partial charge on any atom is 0.324 e. The van der Waals surface area contributed by atoms with Crippen molar-refractivity contribution in [1.29, 1.82) is 0 Å². The van der Waals surface area contributed by atoms with E-state index < -0.39 is 10.0 Å². The first kappa shape index (κ1) is 33.2. The lowest BCUT2D eigenvalue weighted by Gasteiger charge is -2.31. The minimum Gasteiger partial charge on any atom is -0.308 e. The summed E-state index contributed by atoms with van der Waals surface area (Å²) in [7, 11) is -3.59. The van der Waals surface area contributed by atoms with Crippen LogP contribution < -0.4 is 10.6 Å². The van der Waals surface area contributed by atoms with E-state index in [1.807, 2.05) is 74.5 Å². The number of halogens is 1. The fourth-order valence-corrected chi connectivity index (χ4v) is 9.52. The molecule has 47 heavy (non-hydrogen) atoms. The quantitative estimate of drug-likeness (QED) is 0.178. The molecule has 11 heteroatoms. The van der Waals surface area contributed by atoms with E-state index in [0.29, 0.717) is 39.7 Å². The Hall–Kier alpha value is -3.70. The average molecular weight is 690 g/mol. The standard InChI is InChI=1S/C36H40ClN5O3S2/c1-23-9-12-29(13-10-23)42-33(22-32(40-42)36(3,4)5)39-35(43)38-28-8-6-7-26(20-28)19-25-15-17-41(18-16-25)47(44,45)34-24(2)30-21-27(37)11-14-31(30)46-34/h6-14,20-22,25H,15-19H2,1-5H3,(H2,38,39,43). The number of sulfonamides is 1. The number of anilines is 2. The summed E-state index contributed by atoms with van der Waals surface area (Å²) in [6, 6.07) is 23.0. The zero-order valence-electron chi connectivity index (χ0n) is 27.3. The summed E-state index contributed by atoms with van der Waals surface area (Å²) in [6.45, 7) is 11.1. The largest absolute Gasteiger partial charge is 0.324 e. The van der Waals surface area contributed by atoms with Gasteiger partial charge in [-0.25, -0.2) is 17.9 Å². The summed E-state index contributed by atoms with van der Waals surface area (Å²) in [6.07, 6.45) is 2.35. The highest BCUT2D eigenvalue weighted by atomic mass is 35.5. The molecule has 2 N–H and O–H groups in total. The molecule has 0 radical (unpaired) electrons. The third-order valence-electron chi connectivity index (χ3n) is 8.71. The summed E-state index contributed by atoms with van der Waals surface area (Å²) >= 11 is 7.49. The number of hydrogen-bond donors (Lipinski definition) is 2. The number of hydrogen-bond acceptors (Lipinski definition) is 5. The van der Waals surface area contributed by atoms with Crippen molar-refractivity contribution >= 4 is 60.6 Å². The third kappa shape index (κ3) is 7.26. The third-order valence-corrected chi connectivity index (χ3v) is 12.7. The Bertz CT molecular complexity index is 2040. The van der Waals surface area contributed by atoms with Crippen molar-refractivity contribution in [2.24, 2.45) is 5.92 Å². The average Bonchev–Trinajstić information content (AvgIpc) is 3.59. The second-order valence-electron chi connectivity index (χ2n) is 13.4. The normalized spacial score (nSPS) is 14.9. The van der Waals surface area contributed by atoms with Crippen LogP contribution in [0.2, 0.25) is 5.02 Å². The molecule has 0 saturated carbocycles. The van der Waals surface area contributed by atoms with E-state index in [-0.39, 0.29) is 11.4 Å². The maximum absolute atomic E-state index is 13.6. The molecule has 8 nitrogen and oxygen atoms in total.